The minimum Gasteiger partial charge on any atom is -0.481 e. The zero-order valence-electron chi connectivity index (χ0n) is 41.3. The van der Waals surface area contributed by atoms with Crippen molar-refractivity contribution in [3.05, 3.63) is 0 Å². The van der Waals surface area contributed by atoms with Crippen LogP contribution in [0.5, 0.6) is 0 Å². The molecule has 0 fully saturated rings. The van der Waals surface area contributed by atoms with Crippen LogP contribution in [-0.2, 0) is 62.3 Å². The smallest absolute Gasteiger partial charge is 0.326 e. The zero-order chi connectivity index (χ0) is 55.4. The molecule has 0 aliphatic rings. The Hall–Kier alpha value is -6.27. The number of carboxylic acid groups (broad SMARTS) is 2. The fraction of sp³-hybridized carbons (Fsp3) is 0.690. The second-order valence-corrected chi connectivity index (χ2v) is 19.1. The van der Waals surface area contributed by atoms with Crippen LogP contribution in [0.1, 0.15) is 79.6 Å². The predicted octanol–water partition coefficient (Wildman–Crippen LogP) is -5.77. The van der Waals surface area contributed by atoms with Crippen LogP contribution in [0.4, 0.5) is 0 Å². The number of carboxylic acids is 2. The van der Waals surface area contributed by atoms with Gasteiger partial charge in [0.25, 0.3) is 0 Å². The topological polar surface area (TPSA) is 469 Å². The lowest BCUT2D eigenvalue weighted by atomic mass is 10.00. The van der Waals surface area contributed by atoms with Crippen molar-refractivity contribution in [1.29, 1.82) is 0 Å². The molecule has 0 unspecified atom stereocenters. The number of hydrogen-bond acceptors (Lipinski definition) is 17. The first-order chi connectivity index (χ1) is 33.6. The number of carbonyl (C=O) groups is 13. The highest BCUT2D eigenvalue weighted by Crippen LogP contribution is 2.11. The van der Waals surface area contributed by atoms with E-state index in [2.05, 4.69) is 47.9 Å². The lowest BCUT2D eigenvalue weighted by molar-refractivity contribution is -0.143. The number of primary amides is 2. The van der Waals surface area contributed by atoms with Crippen LogP contribution < -0.4 is 65.1 Å². The molecular formula is C42H72N12O16S2. The molecule has 11 amide bonds. The van der Waals surface area contributed by atoms with Gasteiger partial charge in [-0.2, -0.15) is 23.5 Å². The van der Waals surface area contributed by atoms with Gasteiger partial charge in [0.1, 0.15) is 54.4 Å². The van der Waals surface area contributed by atoms with E-state index >= 15 is 0 Å². The number of amides is 11. The first-order valence-corrected chi connectivity index (χ1v) is 25.4. The third kappa shape index (κ3) is 25.7. The van der Waals surface area contributed by atoms with Crippen LogP contribution >= 0.6 is 23.5 Å². The van der Waals surface area contributed by atoms with E-state index in [1.54, 1.807) is 40.2 Å². The lowest BCUT2D eigenvalue weighted by Gasteiger charge is -2.28. The maximum atomic E-state index is 13.8. The number of aliphatic hydroxyl groups is 1. The number of nitrogens with two attached hydrogens (primary N) is 3. The lowest BCUT2D eigenvalue weighted by Crippen LogP contribution is -2.61. The van der Waals surface area contributed by atoms with E-state index < -0.39 is 176 Å². The van der Waals surface area contributed by atoms with Gasteiger partial charge in [-0.3, -0.25) is 57.5 Å². The van der Waals surface area contributed by atoms with Gasteiger partial charge < -0.3 is 80.4 Å². The van der Waals surface area contributed by atoms with E-state index in [1.807, 2.05) is 0 Å². The predicted molar refractivity (Wildman–Crippen MR) is 262 cm³/mol. The van der Waals surface area contributed by atoms with Gasteiger partial charge in [0.15, 0.2) is 0 Å². The third-order valence-corrected chi connectivity index (χ3v) is 11.5. The van der Waals surface area contributed by atoms with Gasteiger partial charge in [0.05, 0.1) is 26.0 Å². The van der Waals surface area contributed by atoms with Crippen molar-refractivity contribution < 1.29 is 77.6 Å². The van der Waals surface area contributed by atoms with E-state index in [-0.39, 0.29) is 30.9 Å². The molecule has 0 rings (SSSR count). The standard InChI is InChI=1S/C42H72N12O16S2/c1-19(2)14-25(40(67)54-33(20(3)4)42(69)70)51-37(64)24(11-13-72-7)49-38(65)26(15-30(45)57)52-36(63)22(8-9-29(44)56)48-41(68)28(18-55)53-39(66)27(16-32(59)60)50-34(61)21(5)46-35(62)23(10-12-71-6)47-31(58)17-43/h19-28,33,55H,8-18,43H2,1-7H3,(H2,44,56)(H2,45,57)(H,46,62)(H,47,58)(H,48,68)(H,49,65)(H,50,61)(H,51,64)(H,52,63)(H,53,66)(H,54,67)(H,59,60)(H,69,70)/t21-,22-,23-,24-,25-,26-,27-,28-,33-/m0/s1. The quantitative estimate of drug-likeness (QED) is 0.0278. The molecule has 408 valence electrons. The molecular weight excluding hydrogens is 993 g/mol. The van der Waals surface area contributed by atoms with Crippen molar-refractivity contribution in [3.63, 3.8) is 0 Å². The molecule has 0 aliphatic heterocycles. The summed E-state index contributed by atoms with van der Waals surface area (Å²) >= 11 is 2.65. The highest BCUT2D eigenvalue weighted by atomic mass is 32.2. The molecule has 0 saturated heterocycles. The van der Waals surface area contributed by atoms with Crippen LogP contribution in [0.25, 0.3) is 0 Å². The Bertz CT molecular complexity index is 1930. The molecule has 28 nitrogen and oxygen atoms in total. The Kier molecular flexibility index (Phi) is 31.2. The molecule has 0 heterocycles. The number of carbonyl (C=O) groups excluding carboxylic acids is 11. The molecule has 9 atom stereocenters. The van der Waals surface area contributed by atoms with Crippen LogP contribution in [0, 0.1) is 11.8 Å². The summed E-state index contributed by atoms with van der Waals surface area (Å²) in [5.41, 5.74) is 16.0. The first-order valence-electron chi connectivity index (χ1n) is 22.6. The molecule has 0 saturated carbocycles. The summed E-state index contributed by atoms with van der Waals surface area (Å²) in [5, 5.41) is 50.0. The summed E-state index contributed by atoms with van der Waals surface area (Å²) in [6.07, 6.45) is 0.501. The number of aliphatic hydroxyl groups excluding tert-OH is 1. The van der Waals surface area contributed by atoms with E-state index in [4.69, 9.17) is 17.2 Å². The minimum atomic E-state index is -1.97. The van der Waals surface area contributed by atoms with Gasteiger partial charge in [-0.15, -0.1) is 0 Å². The minimum absolute atomic E-state index is 0.0523. The largest absolute Gasteiger partial charge is 0.481 e. The van der Waals surface area contributed by atoms with Crippen molar-refractivity contribution in [3.8, 4) is 0 Å². The van der Waals surface area contributed by atoms with Crippen LogP contribution in [-0.4, -0.2) is 184 Å². The van der Waals surface area contributed by atoms with Crippen molar-refractivity contribution in [2.75, 3.05) is 37.2 Å². The summed E-state index contributed by atoms with van der Waals surface area (Å²) in [6, 6.07) is -14.0. The van der Waals surface area contributed by atoms with E-state index in [0.29, 0.717) is 5.75 Å². The summed E-state index contributed by atoms with van der Waals surface area (Å²) in [6.45, 7) is 6.22. The van der Waals surface area contributed by atoms with Gasteiger partial charge >= 0.3 is 11.9 Å². The summed E-state index contributed by atoms with van der Waals surface area (Å²) in [4.78, 5) is 167. The van der Waals surface area contributed by atoms with Crippen molar-refractivity contribution in [2.24, 2.45) is 29.0 Å². The maximum Gasteiger partial charge on any atom is 0.326 e. The summed E-state index contributed by atoms with van der Waals surface area (Å²) in [5.74, 6) is -14.3. The Morgan fingerprint density at radius 3 is 1.32 bits per heavy atom. The van der Waals surface area contributed by atoms with Crippen LogP contribution in [0.3, 0.4) is 0 Å². The van der Waals surface area contributed by atoms with E-state index in [9.17, 15) is 77.6 Å². The number of hydrogen-bond donors (Lipinski definition) is 15. The zero-order valence-corrected chi connectivity index (χ0v) is 43.0. The average molecular weight is 1070 g/mol. The number of aliphatic carboxylic acids is 2. The van der Waals surface area contributed by atoms with Crippen molar-refractivity contribution in [2.45, 2.75) is 134 Å². The van der Waals surface area contributed by atoms with Gasteiger partial charge in [0.2, 0.25) is 65.0 Å². The molecule has 18 N–H and O–H groups in total. The molecule has 0 aliphatic carbocycles. The van der Waals surface area contributed by atoms with Gasteiger partial charge in [0, 0.05) is 6.42 Å². The molecule has 72 heavy (non-hydrogen) atoms. The SMILES string of the molecule is CSCC[C@H](NC(=O)CN)C(=O)N[C@@H](C)C(=O)N[C@@H](CC(=O)O)C(=O)N[C@@H](CO)C(=O)N[C@@H](CCC(N)=O)C(=O)N[C@@H](CC(N)=O)C(=O)N[C@@H](CCSC)C(=O)N[C@@H](CC(C)C)C(=O)N[C@H](C(=O)O)C(C)C. The van der Waals surface area contributed by atoms with Crippen molar-refractivity contribution in [1.82, 2.24) is 47.9 Å². The van der Waals surface area contributed by atoms with Crippen LogP contribution in [0.15, 0.2) is 0 Å². The first kappa shape index (κ1) is 65.7. The molecule has 0 aromatic rings. The third-order valence-electron chi connectivity index (χ3n) is 10.2. The monoisotopic (exact) mass is 1060 g/mol. The van der Waals surface area contributed by atoms with E-state index in [1.165, 1.54) is 30.4 Å². The fourth-order valence-corrected chi connectivity index (χ4v) is 7.26. The Balaban J connectivity index is 6.46. The highest BCUT2D eigenvalue weighted by Gasteiger charge is 2.36. The summed E-state index contributed by atoms with van der Waals surface area (Å²) in [7, 11) is 0. The fourth-order valence-electron chi connectivity index (χ4n) is 6.31. The molecule has 0 aromatic carbocycles. The van der Waals surface area contributed by atoms with Crippen LogP contribution in [0.2, 0.25) is 0 Å². The second kappa shape index (κ2) is 34.2. The Morgan fingerprint density at radius 1 is 0.486 bits per heavy atom. The number of rotatable bonds is 36. The van der Waals surface area contributed by atoms with Gasteiger partial charge in [-0.05, 0) is 68.5 Å². The number of nitrogens with one attached hydrogen (secondary N) is 9. The highest BCUT2D eigenvalue weighted by molar-refractivity contribution is 7.98. The maximum absolute atomic E-state index is 13.8. The van der Waals surface area contributed by atoms with Gasteiger partial charge in [-0.1, -0.05) is 27.7 Å². The number of thioether (sulfide) groups is 2. The Morgan fingerprint density at radius 2 is 0.889 bits per heavy atom. The Labute approximate surface area is 424 Å². The normalized spacial score (nSPS) is 14.8. The van der Waals surface area contributed by atoms with Gasteiger partial charge in [-0.25, -0.2) is 4.79 Å². The average Bonchev–Trinajstić information content (AvgIpc) is 3.29. The molecule has 0 spiro atoms. The van der Waals surface area contributed by atoms with E-state index in [0.717, 1.165) is 0 Å². The molecule has 30 heteroatoms. The molecule has 0 aromatic heterocycles. The molecule has 0 bridgehead atoms. The van der Waals surface area contributed by atoms with Crippen molar-refractivity contribution >= 4 is 100 Å². The second-order valence-electron chi connectivity index (χ2n) is 17.1. The summed E-state index contributed by atoms with van der Waals surface area (Å²) < 4.78 is 0. The molecule has 0 radical (unpaired) electrons.